The molecule has 0 bridgehead atoms. The van der Waals surface area contributed by atoms with E-state index in [1.807, 2.05) is 0 Å². The fourth-order valence-corrected chi connectivity index (χ4v) is 3.25. The molecule has 1 aliphatic carbocycles. The van der Waals surface area contributed by atoms with Gasteiger partial charge in [-0.3, -0.25) is 4.90 Å². The highest BCUT2D eigenvalue weighted by Gasteiger charge is 2.21. The van der Waals surface area contributed by atoms with Gasteiger partial charge in [-0.1, -0.05) is 12.1 Å². The van der Waals surface area contributed by atoms with Gasteiger partial charge in [0.15, 0.2) is 0 Å². The van der Waals surface area contributed by atoms with Crippen LogP contribution in [0.3, 0.4) is 0 Å². The number of benzene rings is 1. The molecule has 1 fully saturated rings. The maximum atomic E-state index is 8.97. The zero-order valence-corrected chi connectivity index (χ0v) is 10.9. The molecule has 3 rings (SSSR count). The van der Waals surface area contributed by atoms with Crippen LogP contribution < -0.4 is 4.90 Å². The standard InChI is InChI=1S/C15H22N2O/c18-12-11-16-7-9-17(10-8-16)15-6-2-4-13-3-1-5-14(13)15/h2,4,6,18H,1,3,5,7-12H2. The van der Waals surface area contributed by atoms with Gasteiger partial charge in [-0.2, -0.15) is 0 Å². The molecule has 0 radical (unpaired) electrons. The van der Waals surface area contributed by atoms with Crippen LogP contribution in [0.5, 0.6) is 0 Å². The van der Waals surface area contributed by atoms with Crippen LogP contribution in [0.15, 0.2) is 18.2 Å². The van der Waals surface area contributed by atoms with E-state index in [1.165, 1.54) is 24.9 Å². The number of aliphatic hydroxyl groups is 1. The van der Waals surface area contributed by atoms with E-state index in [0.717, 1.165) is 32.7 Å². The number of nitrogens with zero attached hydrogens (tertiary/aromatic N) is 2. The molecule has 0 unspecified atom stereocenters. The largest absolute Gasteiger partial charge is 0.395 e. The molecule has 18 heavy (non-hydrogen) atoms. The van der Waals surface area contributed by atoms with Gasteiger partial charge >= 0.3 is 0 Å². The molecule has 0 amide bonds. The summed E-state index contributed by atoms with van der Waals surface area (Å²) in [4.78, 5) is 4.87. The van der Waals surface area contributed by atoms with Gasteiger partial charge in [0, 0.05) is 38.4 Å². The quantitative estimate of drug-likeness (QED) is 0.870. The van der Waals surface area contributed by atoms with Crippen molar-refractivity contribution < 1.29 is 5.11 Å². The number of hydrogen-bond acceptors (Lipinski definition) is 3. The Hall–Kier alpha value is -1.06. The minimum atomic E-state index is 0.279. The predicted octanol–water partition coefficient (Wildman–Crippen LogP) is 1.29. The van der Waals surface area contributed by atoms with Gasteiger partial charge in [-0.05, 0) is 36.5 Å². The van der Waals surface area contributed by atoms with E-state index in [9.17, 15) is 0 Å². The highest BCUT2D eigenvalue weighted by atomic mass is 16.3. The summed E-state index contributed by atoms with van der Waals surface area (Å²) in [6.07, 6.45) is 3.83. The molecule has 2 aliphatic rings. The second kappa shape index (κ2) is 5.29. The van der Waals surface area contributed by atoms with E-state index in [1.54, 1.807) is 11.1 Å². The zero-order valence-electron chi connectivity index (χ0n) is 10.9. The average Bonchev–Trinajstić information content (AvgIpc) is 2.88. The van der Waals surface area contributed by atoms with Crippen molar-refractivity contribution in [2.24, 2.45) is 0 Å². The van der Waals surface area contributed by atoms with E-state index in [0.29, 0.717) is 0 Å². The minimum absolute atomic E-state index is 0.279. The van der Waals surface area contributed by atoms with E-state index in [2.05, 4.69) is 28.0 Å². The molecule has 1 aliphatic heterocycles. The number of aliphatic hydroxyl groups excluding tert-OH is 1. The van der Waals surface area contributed by atoms with Crippen LogP contribution in [0.1, 0.15) is 17.5 Å². The third-order valence-corrected chi connectivity index (χ3v) is 4.25. The Morgan fingerprint density at radius 3 is 2.67 bits per heavy atom. The molecule has 1 heterocycles. The molecule has 3 heteroatoms. The highest BCUT2D eigenvalue weighted by Crippen LogP contribution is 2.31. The van der Waals surface area contributed by atoms with Gasteiger partial charge in [-0.15, -0.1) is 0 Å². The summed E-state index contributed by atoms with van der Waals surface area (Å²) < 4.78 is 0. The van der Waals surface area contributed by atoms with Crippen molar-refractivity contribution in [2.45, 2.75) is 19.3 Å². The van der Waals surface area contributed by atoms with E-state index in [-0.39, 0.29) is 6.61 Å². The fourth-order valence-electron chi connectivity index (χ4n) is 3.25. The number of hydrogen-bond donors (Lipinski definition) is 1. The first-order valence-electron chi connectivity index (χ1n) is 7.07. The van der Waals surface area contributed by atoms with E-state index < -0.39 is 0 Å². The molecular weight excluding hydrogens is 224 g/mol. The molecule has 1 aromatic rings. The summed E-state index contributed by atoms with van der Waals surface area (Å²) in [6.45, 7) is 5.43. The molecule has 1 saturated heterocycles. The summed E-state index contributed by atoms with van der Waals surface area (Å²) in [5.41, 5.74) is 4.62. The Bertz CT molecular complexity index is 411. The lowest BCUT2D eigenvalue weighted by atomic mass is 10.1. The van der Waals surface area contributed by atoms with Crippen LogP contribution in [-0.4, -0.2) is 49.3 Å². The first-order chi connectivity index (χ1) is 8.88. The monoisotopic (exact) mass is 246 g/mol. The topological polar surface area (TPSA) is 26.7 Å². The molecule has 0 atom stereocenters. The first kappa shape index (κ1) is 12.0. The first-order valence-corrected chi connectivity index (χ1v) is 7.07. The van der Waals surface area contributed by atoms with Gasteiger partial charge in [-0.25, -0.2) is 0 Å². The van der Waals surface area contributed by atoms with Crippen molar-refractivity contribution in [1.29, 1.82) is 0 Å². The van der Waals surface area contributed by atoms with Gasteiger partial charge in [0.25, 0.3) is 0 Å². The van der Waals surface area contributed by atoms with Crippen molar-refractivity contribution in [3.63, 3.8) is 0 Å². The molecule has 1 aromatic carbocycles. The van der Waals surface area contributed by atoms with Gasteiger partial charge < -0.3 is 10.0 Å². The normalized spacial score (nSPS) is 20.2. The van der Waals surface area contributed by atoms with Gasteiger partial charge in [0.1, 0.15) is 0 Å². The fraction of sp³-hybridized carbons (Fsp3) is 0.600. The lowest BCUT2D eigenvalue weighted by Crippen LogP contribution is -2.47. The third kappa shape index (κ3) is 2.25. The molecule has 3 nitrogen and oxygen atoms in total. The van der Waals surface area contributed by atoms with Crippen molar-refractivity contribution >= 4 is 5.69 Å². The van der Waals surface area contributed by atoms with Crippen LogP contribution in [0.2, 0.25) is 0 Å². The van der Waals surface area contributed by atoms with Crippen LogP contribution >= 0.6 is 0 Å². The number of β-amino-alcohol motifs (C(OH)–C–C–N with tert-alkyl or cyclic N) is 1. The van der Waals surface area contributed by atoms with Crippen molar-refractivity contribution in [3.05, 3.63) is 29.3 Å². The molecule has 1 N–H and O–H groups in total. The molecule has 0 spiro atoms. The maximum absolute atomic E-state index is 8.97. The van der Waals surface area contributed by atoms with Crippen molar-refractivity contribution in [3.8, 4) is 0 Å². The van der Waals surface area contributed by atoms with Crippen LogP contribution in [0, 0.1) is 0 Å². The van der Waals surface area contributed by atoms with Crippen molar-refractivity contribution in [1.82, 2.24) is 4.90 Å². The van der Waals surface area contributed by atoms with Crippen LogP contribution in [0.4, 0.5) is 5.69 Å². The molecular formula is C15H22N2O. The number of piperazine rings is 1. The Kier molecular flexibility index (Phi) is 3.52. The SMILES string of the molecule is OCCN1CCN(c2cccc3c2CCC3)CC1. The van der Waals surface area contributed by atoms with Crippen LogP contribution in [0.25, 0.3) is 0 Å². The Balaban J connectivity index is 1.71. The smallest absolute Gasteiger partial charge is 0.0558 e. The Labute approximate surface area is 109 Å². The third-order valence-electron chi connectivity index (χ3n) is 4.25. The van der Waals surface area contributed by atoms with E-state index >= 15 is 0 Å². The average molecular weight is 246 g/mol. The maximum Gasteiger partial charge on any atom is 0.0558 e. The number of fused-ring (bicyclic) bond motifs is 1. The van der Waals surface area contributed by atoms with Gasteiger partial charge in [0.2, 0.25) is 0 Å². The van der Waals surface area contributed by atoms with Gasteiger partial charge in [0.05, 0.1) is 6.61 Å². The highest BCUT2D eigenvalue weighted by molar-refractivity contribution is 5.58. The second-order valence-electron chi connectivity index (χ2n) is 5.32. The summed E-state index contributed by atoms with van der Waals surface area (Å²) in [7, 11) is 0. The van der Waals surface area contributed by atoms with Crippen molar-refractivity contribution in [2.75, 3.05) is 44.2 Å². The Morgan fingerprint density at radius 2 is 1.89 bits per heavy atom. The minimum Gasteiger partial charge on any atom is -0.395 e. The summed E-state index contributed by atoms with van der Waals surface area (Å²) in [6, 6.07) is 6.78. The number of rotatable bonds is 3. The summed E-state index contributed by atoms with van der Waals surface area (Å²) in [5, 5.41) is 8.97. The van der Waals surface area contributed by atoms with E-state index in [4.69, 9.17) is 5.11 Å². The number of aryl methyl sites for hydroxylation is 1. The molecule has 0 aromatic heterocycles. The summed E-state index contributed by atoms with van der Waals surface area (Å²) in [5.74, 6) is 0. The lowest BCUT2D eigenvalue weighted by molar-refractivity contribution is 0.188. The number of anilines is 1. The predicted molar refractivity (Wildman–Crippen MR) is 74.2 cm³/mol. The summed E-state index contributed by atoms with van der Waals surface area (Å²) >= 11 is 0. The van der Waals surface area contributed by atoms with Crippen LogP contribution in [-0.2, 0) is 12.8 Å². The Morgan fingerprint density at radius 1 is 1.06 bits per heavy atom. The molecule has 98 valence electrons. The zero-order chi connectivity index (χ0) is 12.4. The second-order valence-corrected chi connectivity index (χ2v) is 5.32. The molecule has 0 saturated carbocycles. The lowest BCUT2D eigenvalue weighted by Gasteiger charge is -2.36.